The molecule has 1 heterocycles. The molecule has 4 atom stereocenters. The SMILES string of the molecule is CCOC(=O)C1CCC(N=C(C(C=N)C(=O)N(CC(=O)c2c(Cl)cncc2Cl)CC(C)(C)C)C(F)(F)F)CC1C. The molecule has 0 saturated heterocycles. The monoisotopic (exact) mass is 606 g/mol. The number of hydrogen-bond donors (Lipinski definition) is 1. The lowest BCUT2D eigenvalue weighted by Gasteiger charge is -2.33. The van der Waals surface area contributed by atoms with Crippen molar-refractivity contribution in [2.45, 2.75) is 66.1 Å². The van der Waals surface area contributed by atoms with Crippen LogP contribution in [0, 0.1) is 28.6 Å². The highest BCUT2D eigenvalue weighted by Crippen LogP contribution is 2.35. The number of esters is 1. The van der Waals surface area contributed by atoms with E-state index in [0.717, 1.165) is 4.90 Å². The molecule has 0 aliphatic heterocycles. The van der Waals surface area contributed by atoms with Crippen LogP contribution in [0.2, 0.25) is 10.0 Å². The number of ether oxygens (including phenoxy) is 1. The third-order valence-corrected chi connectivity index (χ3v) is 7.09. The van der Waals surface area contributed by atoms with Gasteiger partial charge in [-0.2, -0.15) is 13.2 Å². The lowest BCUT2D eigenvalue weighted by Crippen LogP contribution is -2.49. The number of Topliss-reactive ketones (excluding diaryl/α,β-unsaturated/α-hetero) is 1. The lowest BCUT2D eigenvalue weighted by atomic mass is 9.78. The topological polar surface area (TPSA) is 113 Å². The number of aliphatic imine (C=N–C) groups is 1. The highest BCUT2D eigenvalue weighted by Gasteiger charge is 2.46. The van der Waals surface area contributed by atoms with Crippen LogP contribution in [0.25, 0.3) is 0 Å². The summed E-state index contributed by atoms with van der Waals surface area (Å²) in [5, 5.41) is 7.66. The van der Waals surface area contributed by atoms with Crippen molar-refractivity contribution in [2.75, 3.05) is 19.7 Å². The van der Waals surface area contributed by atoms with Crippen LogP contribution >= 0.6 is 23.2 Å². The number of ketones is 1. The first-order chi connectivity index (χ1) is 18.5. The number of alkyl halides is 3. The summed E-state index contributed by atoms with van der Waals surface area (Å²) in [6, 6.07) is -0.806. The molecule has 1 aliphatic rings. The molecular weight excluding hydrogens is 572 g/mol. The Bertz CT molecular complexity index is 1120. The van der Waals surface area contributed by atoms with Crippen molar-refractivity contribution in [3.05, 3.63) is 28.0 Å². The van der Waals surface area contributed by atoms with Gasteiger partial charge in [-0.3, -0.25) is 24.4 Å². The molecule has 1 saturated carbocycles. The van der Waals surface area contributed by atoms with Gasteiger partial charge in [0.15, 0.2) is 5.78 Å². The summed E-state index contributed by atoms with van der Waals surface area (Å²) in [5.74, 6) is -4.97. The van der Waals surface area contributed by atoms with Crippen molar-refractivity contribution in [1.29, 1.82) is 5.41 Å². The zero-order valence-electron chi connectivity index (χ0n) is 23.1. The number of carbonyl (C=O) groups excluding carboxylic acids is 3. The molecule has 40 heavy (non-hydrogen) atoms. The second kappa shape index (κ2) is 13.9. The molecule has 2 rings (SSSR count). The van der Waals surface area contributed by atoms with Crippen LogP contribution in [-0.4, -0.2) is 71.4 Å². The first-order valence-electron chi connectivity index (χ1n) is 12.9. The Morgan fingerprint density at radius 2 is 1.80 bits per heavy atom. The van der Waals surface area contributed by atoms with E-state index in [1.807, 2.05) is 0 Å². The number of aromatic nitrogens is 1. The van der Waals surface area contributed by atoms with Crippen LogP contribution in [0.1, 0.15) is 64.2 Å². The minimum Gasteiger partial charge on any atom is -0.466 e. The highest BCUT2D eigenvalue weighted by atomic mass is 35.5. The van der Waals surface area contributed by atoms with Crippen molar-refractivity contribution in [1.82, 2.24) is 9.88 Å². The van der Waals surface area contributed by atoms with E-state index >= 15 is 0 Å². The highest BCUT2D eigenvalue weighted by molar-refractivity contribution is 6.39. The predicted octanol–water partition coefficient (Wildman–Crippen LogP) is 6.08. The number of halogens is 5. The predicted molar refractivity (Wildman–Crippen MR) is 147 cm³/mol. The summed E-state index contributed by atoms with van der Waals surface area (Å²) >= 11 is 12.2. The minimum absolute atomic E-state index is 0.0608. The lowest BCUT2D eigenvalue weighted by molar-refractivity contribution is -0.151. The normalized spacial score (nSPS) is 20.9. The van der Waals surface area contributed by atoms with E-state index in [0.29, 0.717) is 12.6 Å². The molecule has 4 unspecified atom stereocenters. The van der Waals surface area contributed by atoms with Gasteiger partial charge in [-0.05, 0) is 37.5 Å². The Balaban J connectivity index is 2.41. The molecule has 0 aromatic carbocycles. The van der Waals surface area contributed by atoms with Gasteiger partial charge in [0.25, 0.3) is 0 Å². The van der Waals surface area contributed by atoms with Crippen molar-refractivity contribution < 1.29 is 32.3 Å². The van der Waals surface area contributed by atoms with Crippen LogP contribution in [0.15, 0.2) is 17.4 Å². The number of nitrogens with one attached hydrogen (secondary N) is 1. The van der Waals surface area contributed by atoms with Gasteiger partial charge in [0.2, 0.25) is 5.91 Å². The fourth-order valence-corrected chi connectivity index (χ4v) is 5.36. The second-order valence-electron chi connectivity index (χ2n) is 11.1. The van der Waals surface area contributed by atoms with Crippen molar-refractivity contribution >= 4 is 52.8 Å². The number of rotatable bonds is 10. The quantitative estimate of drug-likeness (QED) is 0.197. The Labute approximate surface area is 242 Å². The van der Waals surface area contributed by atoms with Gasteiger partial charge < -0.3 is 15.0 Å². The smallest absolute Gasteiger partial charge is 0.430 e. The number of hydrogen-bond acceptors (Lipinski definition) is 7. The number of nitrogens with zero attached hydrogens (tertiary/aromatic N) is 3. The van der Waals surface area contributed by atoms with Crippen molar-refractivity contribution in [3.63, 3.8) is 0 Å². The fraction of sp³-hybridized carbons (Fsp3) is 0.630. The first-order valence-corrected chi connectivity index (χ1v) is 13.7. The Kier molecular flexibility index (Phi) is 11.7. The maximum absolute atomic E-state index is 14.3. The average molecular weight is 608 g/mol. The minimum atomic E-state index is -5.02. The molecule has 13 heteroatoms. The first kappa shape index (κ1) is 33.7. The van der Waals surface area contributed by atoms with Gasteiger partial charge in [0, 0.05) is 25.2 Å². The molecular formula is C27H35Cl2F3N4O4. The van der Waals surface area contributed by atoms with Crippen molar-refractivity contribution in [2.24, 2.45) is 28.2 Å². The van der Waals surface area contributed by atoms with E-state index in [-0.39, 0.29) is 47.5 Å². The summed E-state index contributed by atoms with van der Waals surface area (Å²) in [4.78, 5) is 47.6. The van der Waals surface area contributed by atoms with Gasteiger partial charge in [0.05, 0.1) is 40.7 Å². The Morgan fingerprint density at radius 1 is 1.20 bits per heavy atom. The fourth-order valence-electron chi connectivity index (χ4n) is 4.79. The molecule has 222 valence electrons. The molecule has 1 aromatic heterocycles. The van der Waals surface area contributed by atoms with Crippen molar-refractivity contribution in [3.8, 4) is 0 Å². The van der Waals surface area contributed by atoms with Crippen LogP contribution in [-0.2, 0) is 14.3 Å². The van der Waals surface area contributed by atoms with Gasteiger partial charge >= 0.3 is 12.1 Å². The van der Waals surface area contributed by atoms with Gasteiger partial charge in [-0.25, -0.2) is 0 Å². The molecule has 1 aliphatic carbocycles. The molecule has 1 N–H and O–H groups in total. The maximum atomic E-state index is 14.3. The standard InChI is InChI=1S/C27H35Cl2F3N4O4/c1-6-40-25(39)17-8-7-16(9-15(17)2)35-23(27(30,31)32)18(10-33)24(38)36(14-26(3,4)5)13-21(37)22-19(28)11-34-12-20(22)29/h10-12,15-18,33H,6-9,13-14H2,1-5H3. The summed E-state index contributed by atoms with van der Waals surface area (Å²) in [5.41, 5.74) is -2.12. The molecule has 0 bridgehead atoms. The maximum Gasteiger partial charge on any atom is 0.430 e. The summed E-state index contributed by atoms with van der Waals surface area (Å²) in [7, 11) is 0. The van der Waals surface area contributed by atoms with Gasteiger partial charge in [-0.1, -0.05) is 50.9 Å². The van der Waals surface area contributed by atoms with E-state index in [2.05, 4.69) is 9.98 Å². The zero-order valence-corrected chi connectivity index (χ0v) is 24.7. The van der Waals surface area contributed by atoms with Crippen LogP contribution in [0.5, 0.6) is 0 Å². The van der Waals surface area contributed by atoms with E-state index < -0.39 is 59.4 Å². The summed E-state index contributed by atoms with van der Waals surface area (Å²) in [6.45, 7) is 8.20. The van der Waals surface area contributed by atoms with Gasteiger partial charge in [-0.15, -0.1) is 0 Å². The number of amides is 1. The average Bonchev–Trinajstić information content (AvgIpc) is 2.82. The second-order valence-corrected chi connectivity index (χ2v) is 11.9. The molecule has 8 nitrogen and oxygen atoms in total. The molecule has 1 amide bonds. The van der Waals surface area contributed by atoms with Crippen LogP contribution in [0.3, 0.4) is 0 Å². The zero-order chi connectivity index (χ0) is 30.4. The van der Waals surface area contributed by atoms with E-state index in [1.54, 1.807) is 34.6 Å². The Hall–Kier alpha value is -2.53. The molecule has 0 spiro atoms. The number of carbonyl (C=O) groups is 3. The Morgan fingerprint density at radius 3 is 2.27 bits per heavy atom. The number of pyridine rings is 1. The molecule has 0 radical (unpaired) electrons. The third-order valence-electron chi connectivity index (χ3n) is 6.51. The summed E-state index contributed by atoms with van der Waals surface area (Å²) < 4.78 is 48.0. The van der Waals surface area contributed by atoms with Gasteiger partial charge in [0.1, 0.15) is 11.6 Å². The third kappa shape index (κ3) is 8.99. The van der Waals surface area contributed by atoms with E-state index in [1.165, 1.54) is 12.4 Å². The molecule has 1 aromatic rings. The van der Waals surface area contributed by atoms with Crippen LogP contribution < -0.4 is 0 Å². The van der Waals surface area contributed by atoms with E-state index in [4.69, 9.17) is 33.3 Å². The van der Waals surface area contributed by atoms with E-state index in [9.17, 15) is 27.6 Å². The largest absolute Gasteiger partial charge is 0.466 e. The van der Waals surface area contributed by atoms with Crippen LogP contribution in [0.4, 0.5) is 13.2 Å². The summed E-state index contributed by atoms with van der Waals surface area (Å²) in [6.07, 6.45) is -1.56. The molecule has 1 fully saturated rings.